The SMILES string of the molecule is CCOc1cccc(CC(=O)NCCC(=O)O)c1. The largest absolute Gasteiger partial charge is 0.494 e. The first-order chi connectivity index (χ1) is 8.61. The molecule has 1 aromatic carbocycles. The van der Waals surface area contributed by atoms with Crippen molar-refractivity contribution >= 4 is 11.9 Å². The summed E-state index contributed by atoms with van der Waals surface area (Å²) in [4.78, 5) is 21.8. The lowest BCUT2D eigenvalue weighted by Gasteiger charge is -2.06. The van der Waals surface area contributed by atoms with Gasteiger partial charge in [0.15, 0.2) is 0 Å². The minimum atomic E-state index is -0.923. The number of ether oxygens (including phenoxy) is 1. The Labute approximate surface area is 106 Å². The molecule has 1 amide bonds. The molecular formula is C13H17NO4. The fourth-order valence-corrected chi connectivity index (χ4v) is 1.47. The Kier molecular flexibility index (Phi) is 5.70. The van der Waals surface area contributed by atoms with Crippen molar-refractivity contribution in [2.24, 2.45) is 0 Å². The molecule has 0 spiro atoms. The molecule has 0 fully saturated rings. The van der Waals surface area contributed by atoms with E-state index in [0.717, 1.165) is 11.3 Å². The number of amides is 1. The van der Waals surface area contributed by atoms with Gasteiger partial charge < -0.3 is 15.2 Å². The molecular weight excluding hydrogens is 234 g/mol. The van der Waals surface area contributed by atoms with Crippen molar-refractivity contribution < 1.29 is 19.4 Å². The molecule has 0 aliphatic rings. The molecule has 0 heterocycles. The Morgan fingerprint density at radius 2 is 2.17 bits per heavy atom. The zero-order valence-corrected chi connectivity index (χ0v) is 10.3. The first-order valence-corrected chi connectivity index (χ1v) is 5.82. The van der Waals surface area contributed by atoms with Crippen molar-refractivity contribution in [3.8, 4) is 5.75 Å². The van der Waals surface area contributed by atoms with Gasteiger partial charge in [-0.2, -0.15) is 0 Å². The van der Waals surface area contributed by atoms with Crippen molar-refractivity contribution in [1.82, 2.24) is 5.32 Å². The summed E-state index contributed by atoms with van der Waals surface area (Å²) in [6.45, 7) is 2.62. The average Bonchev–Trinajstić information content (AvgIpc) is 2.29. The molecule has 0 atom stereocenters. The van der Waals surface area contributed by atoms with Crippen LogP contribution in [0.1, 0.15) is 18.9 Å². The predicted molar refractivity (Wildman–Crippen MR) is 66.6 cm³/mol. The molecule has 0 saturated carbocycles. The van der Waals surface area contributed by atoms with Crippen molar-refractivity contribution in [3.05, 3.63) is 29.8 Å². The molecule has 98 valence electrons. The predicted octanol–water partition coefficient (Wildman–Crippen LogP) is 1.22. The van der Waals surface area contributed by atoms with Gasteiger partial charge in [-0.15, -0.1) is 0 Å². The molecule has 1 aromatic rings. The summed E-state index contributed by atoms with van der Waals surface area (Å²) < 4.78 is 5.33. The number of carboxylic acids is 1. The molecule has 5 heteroatoms. The standard InChI is InChI=1S/C13H17NO4/c1-2-18-11-5-3-4-10(8-11)9-12(15)14-7-6-13(16)17/h3-5,8H,2,6-7,9H2,1H3,(H,14,15)(H,16,17). The Bertz CT molecular complexity index is 417. The van der Waals surface area contributed by atoms with E-state index in [0.29, 0.717) is 6.61 Å². The normalized spacial score (nSPS) is 9.83. The van der Waals surface area contributed by atoms with Crippen LogP contribution in [0.5, 0.6) is 5.75 Å². The zero-order valence-electron chi connectivity index (χ0n) is 10.3. The molecule has 0 saturated heterocycles. The van der Waals surface area contributed by atoms with Gasteiger partial charge in [-0.05, 0) is 24.6 Å². The Hall–Kier alpha value is -2.04. The highest BCUT2D eigenvalue weighted by Gasteiger charge is 2.05. The van der Waals surface area contributed by atoms with Crippen LogP contribution in [0.4, 0.5) is 0 Å². The van der Waals surface area contributed by atoms with Crippen LogP contribution in [-0.2, 0) is 16.0 Å². The second-order valence-electron chi connectivity index (χ2n) is 3.75. The van der Waals surface area contributed by atoms with Crippen molar-refractivity contribution in [2.75, 3.05) is 13.2 Å². The maximum Gasteiger partial charge on any atom is 0.305 e. The van der Waals surface area contributed by atoms with Crippen LogP contribution in [0.15, 0.2) is 24.3 Å². The second-order valence-corrected chi connectivity index (χ2v) is 3.75. The van der Waals surface area contributed by atoms with Crippen LogP contribution in [0.2, 0.25) is 0 Å². The number of carboxylic acid groups (broad SMARTS) is 1. The molecule has 5 nitrogen and oxygen atoms in total. The number of carbonyl (C=O) groups excluding carboxylic acids is 1. The van der Waals surface area contributed by atoms with Crippen molar-refractivity contribution in [3.63, 3.8) is 0 Å². The van der Waals surface area contributed by atoms with E-state index < -0.39 is 5.97 Å². The van der Waals surface area contributed by atoms with Gasteiger partial charge >= 0.3 is 5.97 Å². The second kappa shape index (κ2) is 7.32. The maximum atomic E-state index is 11.5. The van der Waals surface area contributed by atoms with Crippen LogP contribution in [-0.4, -0.2) is 30.1 Å². The average molecular weight is 251 g/mol. The third-order valence-electron chi connectivity index (χ3n) is 2.24. The van der Waals surface area contributed by atoms with E-state index in [1.54, 1.807) is 6.07 Å². The third-order valence-corrected chi connectivity index (χ3v) is 2.24. The highest BCUT2D eigenvalue weighted by atomic mass is 16.5. The lowest BCUT2D eigenvalue weighted by Crippen LogP contribution is -2.27. The quantitative estimate of drug-likeness (QED) is 0.764. The van der Waals surface area contributed by atoms with Crippen LogP contribution in [0, 0.1) is 0 Å². The molecule has 0 aromatic heterocycles. The van der Waals surface area contributed by atoms with E-state index in [1.165, 1.54) is 0 Å². The first-order valence-electron chi connectivity index (χ1n) is 5.82. The summed E-state index contributed by atoms with van der Waals surface area (Å²) in [6, 6.07) is 7.29. The molecule has 0 aliphatic heterocycles. The van der Waals surface area contributed by atoms with Crippen molar-refractivity contribution in [2.45, 2.75) is 19.8 Å². The van der Waals surface area contributed by atoms with E-state index in [2.05, 4.69) is 5.32 Å². The lowest BCUT2D eigenvalue weighted by atomic mass is 10.1. The van der Waals surface area contributed by atoms with Crippen LogP contribution >= 0.6 is 0 Å². The molecule has 0 unspecified atom stereocenters. The molecule has 2 N–H and O–H groups in total. The number of nitrogens with one attached hydrogen (secondary N) is 1. The zero-order chi connectivity index (χ0) is 13.4. The smallest absolute Gasteiger partial charge is 0.305 e. The maximum absolute atomic E-state index is 11.5. The van der Waals surface area contributed by atoms with Crippen LogP contribution in [0.3, 0.4) is 0 Å². The molecule has 0 bridgehead atoms. The fourth-order valence-electron chi connectivity index (χ4n) is 1.47. The Morgan fingerprint density at radius 1 is 1.39 bits per heavy atom. The van der Waals surface area contributed by atoms with Crippen LogP contribution < -0.4 is 10.1 Å². The van der Waals surface area contributed by atoms with E-state index in [4.69, 9.17) is 9.84 Å². The monoisotopic (exact) mass is 251 g/mol. The van der Waals surface area contributed by atoms with E-state index in [1.807, 2.05) is 25.1 Å². The third kappa shape index (κ3) is 5.34. The topological polar surface area (TPSA) is 75.6 Å². The van der Waals surface area contributed by atoms with E-state index in [9.17, 15) is 9.59 Å². The van der Waals surface area contributed by atoms with Gasteiger partial charge in [-0.25, -0.2) is 0 Å². The number of aliphatic carboxylic acids is 1. The van der Waals surface area contributed by atoms with Gasteiger partial charge in [0.1, 0.15) is 5.75 Å². The van der Waals surface area contributed by atoms with Crippen molar-refractivity contribution in [1.29, 1.82) is 0 Å². The highest BCUT2D eigenvalue weighted by Crippen LogP contribution is 2.13. The van der Waals surface area contributed by atoms with Crippen LogP contribution in [0.25, 0.3) is 0 Å². The fraction of sp³-hybridized carbons (Fsp3) is 0.385. The summed E-state index contributed by atoms with van der Waals surface area (Å²) in [6.07, 6.45) is 0.158. The molecule has 18 heavy (non-hydrogen) atoms. The molecule has 1 rings (SSSR count). The lowest BCUT2D eigenvalue weighted by molar-refractivity contribution is -0.136. The van der Waals surface area contributed by atoms with Gasteiger partial charge in [0.2, 0.25) is 5.91 Å². The number of hydrogen-bond acceptors (Lipinski definition) is 3. The summed E-state index contributed by atoms with van der Waals surface area (Å²) >= 11 is 0. The summed E-state index contributed by atoms with van der Waals surface area (Å²) in [7, 11) is 0. The first kappa shape index (κ1) is 14.0. The number of carbonyl (C=O) groups is 2. The van der Waals surface area contributed by atoms with Gasteiger partial charge in [0, 0.05) is 6.54 Å². The highest BCUT2D eigenvalue weighted by molar-refractivity contribution is 5.79. The minimum Gasteiger partial charge on any atom is -0.494 e. The van der Waals surface area contributed by atoms with E-state index >= 15 is 0 Å². The summed E-state index contributed by atoms with van der Waals surface area (Å²) in [5.41, 5.74) is 0.841. The van der Waals surface area contributed by atoms with Gasteiger partial charge in [0.25, 0.3) is 0 Å². The van der Waals surface area contributed by atoms with Gasteiger partial charge in [-0.3, -0.25) is 9.59 Å². The minimum absolute atomic E-state index is 0.0648. The van der Waals surface area contributed by atoms with Gasteiger partial charge in [-0.1, -0.05) is 12.1 Å². The van der Waals surface area contributed by atoms with E-state index in [-0.39, 0.29) is 25.3 Å². The number of hydrogen-bond donors (Lipinski definition) is 2. The summed E-state index contributed by atoms with van der Waals surface area (Å²) in [5.74, 6) is -0.383. The molecule has 0 aliphatic carbocycles. The Balaban J connectivity index is 2.43. The number of rotatable bonds is 7. The van der Waals surface area contributed by atoms with Gasteiger partial charge in [0.05, 0.1) is 19.4 Å². The Morgan fingerprint density at radius 3 is 2.83 bits per heavy atom. The summed E-state index contributed by atoms with van der Waals surface area (Å²) in [5, 5.41) is 11.0. The molecule has 0 radical (unpaired) electrons. The number of benzene rings is 1.